The van der Waals surface area contributed by atoms with Gasteiger partial charge in [0.2, 0.25) is 5.91 Å². The molecular formula is C13H18N2O3S. The fraction of sp³-hybridized carbons (Fsp3) is 0.385. The number of aliphatic carboxylic acids is 1. The lowest BCUT2D eigenvalue weighted by Gasteiger charge is -2.14. The minimum Gasteiger partial charge on any atom is -0.481 e. The molecule has 0 heterocycles. The molecule has 0 aliphatic carbocycles. The van der Waals surface area contributed by atoms with E-state index in [9.17, 15) is 9.59 Å². The summed E-state index contributed by atoms with van der Waals surface area (Å²) in [7, 11) is 3.92. The number of hydrogen-bond acceptors (Lipinski definition) is 4. The van der Waals surface area contributed by atoms with Gasteiger partial charge < -0.3 is 15.3 Å². The number of anilines is 1. The van der Waals surface area contributed by atoms with Gasteiger partial charge in [-0.05, 0) is 25.7 Å². The highest BCUT2D eigenvalue weighted by atomic mass is 32.2. The van der Waals surface area contributed by atoms with E-state index in [1.807, 2.05) is 43.3 Å². The monoisotopic (exact) mass is 282 g/mol. The van der Waals surface area contributed by atoms with E-state index < -0.39 is 5.97 Å². The fourth-order valence-electron chi connectivity index (χ4n) is 1.54. The molecule has 19 heavy (non-hydrogen) atoms. The highest BCUT2D eigenvalue weighted by molar-refractivity contribution is 8.00. The minimum atomic E-state index is -0.911. The van der Waals surface area contributed by atoms with E-state index in [-0.39, 0.29) is 17.4 Å². The number of carboxylic acid groups (broad SMARTS) is 1. The van der Waals surface area contributed by atoms with Gasteiger partial charge in [0.05, 0.1) is 11.5 Å². The lowest BCUT2D eigenvalue weighted by Crippen LogP contribution is -2.18. The van der Waals surface area contributed by atoms with E-state index in [0.29, 0.717) is 0 Å². The van der Waals surface area contributed by atoms with Crippen LogP contribution in [0.5, 0.6) is 0 Å². The Bertz CT molecular complexity index is 449. The van der Waals surface area contributed by atoms with Crippen molar-refractivity contribution in [1.29, 1.82) is 0 Å². The van der Waals surface area contributed by atoms with Gasteiger partial charge in [-0.3, -0.25) is 9.59 Å². The Kier molecular flexibility index (Phi) is 6.38. The molecule has 1 rings (SSSR count). The van der Waals surface area contributed by atoms with Crippen molar-refractivity contribution in [3.63, 3.8) is 0 Å². The van der Waals surface area contributed by atoms with Gasteiger partial charge >= 0.3 is 5.97 Å². The first-order chi connectivity index (χ1) is 8.99. The molecule has 0 aromatic heterocycles. The zero-order chi connectivity index (χ0) is 14.3. The molecule has 104 valence electrons. The third-order valence-corrected chi connectivity index (χ3v) is 3.15. The maximum atomic E-state index is 11.7. The standard InChI is InChI=1S/C13H18N2O3S/c1-15(2)7-10-5-3-4-6-11(10)14-12(16)8-19-9-13(17)18/h3-6H,7-9H2,1-2H3,(H,14,16)(H,17,18). The molecule has 5 nitrogen and oxygen atoms in total. The molecule has 0 spiro atoms. The second-order valence-corrected chi connectivity index (χ2v) is 5.32. The number of carboxylic acids is 1. The van der Waals surface area contributed by atoms with Crippen LogP contribution in [0, 0.1) is 0 Å². The number of hydrogen-bond donors (Lipinski definition) is 2. The summed E-state index contributed by atoms with van der Waals surface area (Å²) in [6.07, 6.45) is 0. The van der Waals surface area contributed by atoms with Gasteiger partial charge in [-0.15, -0.1) is 11.8 Å². The Morgan fingerprint density at radius 2 is 1.95 bits per heavy atom. The van der Waals surface area contributed by atoms with Crippen LogP contribution in [0.25, 0.3) is 0 Å². The van der Waals surface area contributed by atoms with Crippen LogP contribution >= 0.6 is 11.8 Å². The van der Waals surface area contributed by atoms with Crippen LogP contribution in [0.3, 0.4) is 0 Å². The van der Waals surface area contributed by atoms with Crippen LogP contribution in [0.4, 0.5) is 5.69 Å². The number of nitrogens with zero attached hydrogens (tertiary/aromatic N) is 1. The van der Waals surface area contributed by atoms with Crippen molar-refractivity contribution in [2.75, 3.05) is 30.9 Å². The predicted molar refractivity (Wildman–Crippen MR) is 77.4 cm³/mol. The van der Waals surface area contributed by atoms with Crippen molar-refractivity contribution < 1.29 is 14.7 Å². The first-order valence-corrected chi connectivity index (χ1v) is 6.96. The highest BCUT2D eigenvalue weighted by Crippen LogP contribution is 2.16. The van der Waals surface area contributed by atoms with E-state index in [0.717, 1.165) is 29.6 Å². The van der Waals surface area contributed by atoms with E-state index in [1.54, 1.807) is 0 Å². The smallest absolute Gasteiger partial charge is 0.313 e. The number of nitrogens with one attached hydrogen (secondary N) is 1. The van der Waals surface area contributed by atoms with Crippen LogP contribution in [0.1, 0.15) is 5.56 Å². The normalized spacial score (nSPS) is 10.5. The molecule has 0 saturated carbocycles. The van der Waals surface area contributed by atoms with Gasteiger partial charge in [-0.2, -0.15) is 0 Å². The van der Waals surface area contributed by atoms with Crippen molar-refractivity contribution in [2.45, 2.75) is 6.54 Å². The molecule has 1 amide bonds. The maximum Gasteiger partial charge on any atom is 0.313 e. The molecule has 0 atom stereocenters. The van der Waals surface area contributed by atoms with E-state index in [4.69, 9.17) is 5.11 Å². The average molecular weight is 282 g/mol. The zero-order valence-corrected chi connectivity index (χ0v) is 11.9. The number of thioether (sulfide) groups is 1. The van der Waals surface area contributed by atoms with Crippen LogP contribution < -0.4 is 5.32 Å². The quantitative estimate of drug-likeness (QED) is 0.793. The number of carbonyl (C=O) groups is 2. The number of rotatable bonds is 7. The number of carbonyl (C=O) groups excluding carboxylic acids is 1. The van der Waals surface area contributed by atoms with Crippen molar-refractivity contribution in [1.82, 2.24) is 4.90 Å². The third-order valence-electron chi connectivity index (χ3n) is 2.24. The molecule has 0 fully saturated rings. The Morgan fingerprint density at radius 1 is 1.26 bits per heavy atom. The lowest BCUT2D eigenvalue weighted by molar-refractivity contribution is -0.133. The van der Waals surface area contributed by atoms with Gasteiger partial charge in [-0.25, -0.2) is 0 Å². The average Bonchev–Trinajstić information content (AvgIpc) is 2.30. The Morgan fingerprint density at radius 3 is 2.58 bits per heavy atom. The van der Waals surface area contributed by atoms with E-state index >= 15 is 0 Å². The summed E-state index contributed by atoms with van der Waals surface area (Å²) in [5.74, 6) is -1.02. The largest absolute Gasteiger partial charge is 0.481 e. The molecule has 6 heteroatoms. The maximum absolute atomic E-state index is 11.7. The van der Waals surface area contributed by atoms with Gasteiger partial charge in [0.15, 0.2) is 0 Å². The van der Waals surface area contributed by atoms with Crippen molar-refractivity contribution in [3.8, 4) is 0 Å². The first kappa shape index (κ1) is 15.5. The molecule has 0 aliphatic heterocycles. The number of amides is 1. The second kappa shape index (κ2) is 7.81. The molecule has 2 N–H and O–H groups in total. The first-order valence-electron chi connectivity index (χ1n) is 5.81. The third kappa shape index (κ3) is 6.26. The zero-order valence-electron chi connectivity index (χ0n) is 11.0. The highest BCUT2D eigenvalue weighted by Gasteiger charge is 2.08. The molecule has 0 radical (unpaired) electrons. The summed E-state index contributed by atoms with van der Waals surface area (Å²) in [5.41, 5.74) is 1.81. The summed E-state index contributed by atoms with van der Waals surface area (Å²) < 4.78 is 0. The Hall–Kier alpha value is -1.53. The molecule has 0 unspecified atom stereocenters. The van der Waals surface area contributed by atoms with Crippen LogP contribution in [0.2, 0.25) is 0 Å². The molecule has 0 bridgehead atoms. The van der Waals surface area contributed by atoms with Gasteiger partial charge in [0.1, 0.15) is 0 Å². The van der Waals surface area contributed by atoms with Gasteiger partial charge in [0.25, 0.3) is 0 Å². The van der Waals surface area contributed by atoms with Crippen LogP contribution in [-0.2, 0) is 16.1 Å². The number of benzene rings is 1. The van der Waals surface area contributed by atoms with Crippen LogP contribution in [0.15, 0.2) is 24.3 Å². The molecule has 1 aromatic carbocycles. The lowest BCUT2D eigenvalue weighted by atomic mass is 10.1. The van der Waals surface area contributed by atoms with Gasteiger partial charge in [0, 0.05) is 12.2 Å². The summed E-state index contributed by atoms with van der Waals surface area (Å²) in [5, 5.41) is 11.3. The molecule has 0 aliphatic rings. The van der Waals surface area contributed by atoms with Crippen molar-refractivity contribution >= 4 is 29.3 Å². The van der Waals surface area contributed by atoms with E-state index in [1.165, 1.54) is 0 Å². The summed E-state index contributed by atoms with van der Waals surface area (Å²) in [6, 6.07) is 7.59. The molecule has 0 saturated heterocycles. The molecular weight excluding hydrogens is 264 g/mol. The fourth-order valence-corrected chi connectivity index (χ4v) is 2.07. The van der Waals surface area contributed by atoms with Crippen molar-refractivity contribution in [3.05, 3.63) is 29.8 Å². The minimum absolute atomic E-state index is 0.0627. The molecule has 1 aromatic rings. The Balaban J connectivity index is 2.56. The summed E-state index contributed by atoms with van der Waals surface area (Å²) in [6.45, 7) is 0.735. The SMILES string of the molecule is CN(C)Cc1ccccc1NC(=O)CSCC(=O)O. The predicted octanol–water partition coefficient (Wildman–Crippen LogP) is 1.50. The number of para-hydroxylation sites is 1. The van der Waals surface area contributed by atoms with E-state index in [2.05, 4.69) is 5.32 Å². The second-order valence-electron chi connectivity index (χ2n) is 4.33. The van der Waals surface area contributed by atoms with Crippen molar-refractivity contribution in [2.24, 2.45) is 0 Å². The summed E-state index contributed by atoms with van der Waals surface area (Å²) in [4.78, 5) is 24.1. The topological polar surface area (TPSA) is 69.6 Å². The van der Waals surface area contributed by atoms with Gasteiger partial charge in [-0.1, -0.05) is 18.2 Å². The van der Waals surface area contributed by atoms with Crippen LogP contribution in [-0.4, -0.2) is 47.5 Å². The Labute approximate surface area is 117 Å². The summed E-state index contributed by atoms with van der Waals surface area (Å²) >= 11 is 1.09.